The lowest BCUT2D eigenvalue weighted by Crippen LogP contribution is -2.12. The van der Waals surface area contributed by atoms with E-state index in [1.54, 1.807) is 20.1 Å². The Balaban J connectivity index is 2.47. The summed E-state index contributed by atoms with van der Waals surface area (Å²) in [5, 5.41) is 10.7. The molecule has 0 bridgehead atoms. The molecule has 0 atom stereocenters. The van der Waals surface area contributed by atoms with E-state index in [4.69, 9.17) is 25.8 Å². The van der Waals surface area contributed by atoms with Gasteiger partial charge < -0.3 is 19.3 Å². The first-order valence-corrected chi connectivity index (χ1v) is 9.98. The van der Waals surface area contributed by atoms with Crippen molar-refractivity contribution in [2.45, 2.75) is 41.5 Å². The van der Waals surface area contributed by atoms with Crippen LogP contribution in [0.25, 0.3) is 11.1 Å². The summed E-state index contributed by atoms with van der Waals surface area (Å²) >= 11 is 6.48. The van der Waals surface area contributed by atoms with Crippen molar-refractivity contribution in [1.29, 1.82) is 0 Å². The van der Waals surface area contributed by atoms with Gasteiger partial charge in [-0.1, -0.05) is 23.8 Å². The molecule has 0 unspecified atom stereocenters. The first-order chi connectivity index (χ1) is 14.2. The lowest BCUT2D eigenvalue weighted by atomic mass is 9.96. The number of phenols is 1. The molecule has 1 heterocycles. The van der Waals surface area contributed by atoms with Gasteiger partial charge in [-0.15, -0.1) is 0 Å². The van der Waals surface area contributed by atoms with E-state index < -0.39 is 5.97 Å². The zero-order chi connectivity index (χ0) is 22.3. The summed E-state index contributed by atoms with van der Waals surface area (Å²) in [4.78, 5) is 13.3. The summed E-state index contributed by atoms with van der Waals surface area (Å²) in [5.74, 6) is 0.663. The number of carbonyl (C=O) groups excluding carboxylic acids is 1. The number of aromatic hydroxyl groups is 1. The van der Waals surface area contributed by atoms with E-state index in [0.29, 0.717) is 45.1 Å². The number of benzene rings is 2. The highest BCUT2D eigenvalue weighted by Crippen LogP contribution is 2.53. The fourth-order valence-electron chi connectivity index (χ4n) is 3.48. The summed E-state index contributed by atoms with van der Waals surface area (Å²) in [6.45, 7) is 10.9. The van der Waals surface area contributed by atoms with Gasteiger partial charge >= 0.3 is 5.97 Å². The van der Waals surface area contributed by atoms with Crippen LogP contribution in [0.3, 0.4) is 0 Å². The molecule has 1 N–H and O–H groups in total. The monoisotopic (exact) mass is 428 g/mol. The molecule has 2 aromatic rings. The quantitative estimate of drug-likeness (QED) is 0.428. The molecular formula is C24H25ClO5. The Labute approximate surface area is 181 Å². The maximum Gasteiger partial charge on any atom is 0.348 e. The van der Waals surface area contributed by atoms with Crippen molar-refractivity contribution in [3.63, 3.8) is 0 Å². The number of halogens is 1. The lowest BCUT2D eigenvalue weighted by molar-refractivity contribution is 0.0735. The Morgan fingerprint density at radius 3 is 2.23 bits per heavy atom. The highest BCUT2D eigenvalue weighted by molar-refractivity contribution is 6.34. The van der Waals surface area contributed by atoms with Gasteiger partial charge in [-0.3, -0.25) is 0 Å². The highest BCUT2D eigenvalue weighted by atomic mass is 35.5. The fraction of sp³-hybridized carbons (Fsp3) is 0.292. The van der Waals surface area contributed by atoms with Gasteiger partial charge in [0, 0.05) is 16.7 Å². The Morgan fingerprint density at radius 2 is 1.67 bits per heavy atom. The molecule has 158 valence electrons. The van der Waals surface area contributed by atoms with Crippen LogP contribution in [-0.4, -0.2) is 18.2 Å². The van der Waals surface area contributed by atoms with Crippen LogP contribution in [0, 0.1) is 13.8 Å². The van der Waals surface area contributed by atoms with Crippen LogP contribution >= 0.6 is 11.6 Å². The first kappa shape index (κ1) is 21.8. The lowest BCUT2D eigenvalue weighted by Gasteiger charge is -2.19. The van der Waals surface area contributed by atoms with E-state index in [1.807, 2.05) is 46.8 Å². The molecule has 0 amide bonds. The predicted molar refractivity (Wildman–Crippen MR) is 119 cm³/mol. The van der Waals surface area contributed by atoms with E-state index in [-0.39, 0.29) is 16.5 Å². The summed E-state index contributed by atoms with van der Waals surface area (Å²) < 4.78 is 17.7. The van der Waals surface area contributed by atoms with Gasteiger partial charge in [0.05, 0.1) is 12.1 Å². The smallest absolute Gasteiger partial charge is 0.348 e. The summed E-state index contributed by atoms with van der Waals surface area (Å²) in [7, 11) is 1.57. The summed E-state index contributed by atoms with van der Waals surface area (Å²) in [6.07, 6.45) is 3.75. The average Bonchev–Trinajstić information content (AvgIpc) is 2.89. The number of phenolic OH excluding ortho intramolecular Hbond substituents is 1. The third-order valence-electron chi connectivity index (χ3n) is 5.55. The molecular weight excluding hydrogens is 404 g/mol. The standard InChI is InChI=1S/C24H25ClO5/c1-8-11(3)15-10-16(28-7)13(5)21-18(15)24(27)30-22-14(6)20(26)19(25)17(12(4)9-2)23(22)29-21/h8-10,26H,1-7H3/b11-8+,12-9+. The highest BCUT2D eigenvalue weighted by Gasteiger charge is 2.34. The zero-order valence-corrected chi connectivity index (χ0v) is 18.9. The van der Waals surface area contributed by atoms with Crippen molar-refractivity contribution in [1.82, 2.24) is 0 Å². The molecule has 3 rings (SSSR count). The Kier molecular flexibility index (Phi) is 5.86. The van der Waals surface area contributed by atoms with E-state index in [0.717, 1.165) is 11.1 Å². The summed E-state index contributed by atoms with van der Waals surface area (Å²) in [5.41, 5.74) is 4.08. The molecule has 0 spiro atoms. The van der Waals surface area contributed by atoms with E-state index >= 15 is 0 Å². The number of fused-ring (bicyclic) bond motifs is 2. The minimum absolute atomic E-state index is 0.145. The molecule has 1 aliphatic heterocycles. The molecule has 0 radical (unpaired) electrons. The fourth-order valence-corrected chi connectivity index (χ4v) is 3.86. The molecule has 0 saturated heterocycles. The third kappa shape index (κ3) is 3.23. The number of rotatable bonds is 3. The topological polar surface area (TPSA) is 65.0 Å². The van der Waals surface area contributed by atoms with Gasteiger partial charge in [-0.05, 0) is 64.3 Å². The van der Waals surface area contributed by atoms with Crippen molar-refractivity contribution in [3.8, 4) is 28.7 Å². The molecule has 0 fully saturated rings. The van der Waals surface area contributed by atoms with Crippen LogP contribution in [0.1, 0.15) is 60.3 Å². The normalized spacial score (nSPS) is 13.8. The minimum Gasteiger partial charge on any atom is -0.506 e. The van der Waals surface area contributed by atoms with E-state index in [2.05, 4.69) is 0 Å². The zero-order valence-electron chi connectivity index (χ0n) is 18.2. The van der Waals surface area contributed by atoms with Gasteiger partial charge in [0.2, 0.25) is 0 Å². The molecule has 2 aromatic carbocycles. The van der Waals surface area contributed by atoms with Crippen molar-refractivity contribution < 1.29 is 24.1 Å². The van der Waals surface area contributed by atoms with Gasteiger partial charge in [-0.2, -0.15) is 0 Å². The molecule has 0 aromatic heterocycles. The van der Waals surface area contributed by atoms with E-state index in [9.17, 15) is 9.90 Å². The first-order valence-electron chi connectivity index (χ1n) is 9.60. The number of methoxy groups -OCH3 is 1. The Morgan fingerprint density at radius 1 is 1.03 bits per heavy atom. The van der Waals surface area contributed by atoms with Crippen LogP contribution in [0.4, 0.5) is 0 Å². The van der Waals surface area contributed by atoms with Crippen LogP contribution in [0.5, 0.6) is 28.7 Å². The summed E-state index contributed by atoms with van der Waals surface area (Å²) in [6, 6.07) is 1.81. The molecule has 6 heteroatoms. The van der Waals surface area contributed by atoms with Crippen LogP contribution in [-0.2, 0) is 0 Å². The number of ether oxygens (including phenoxy) is 3. The van der Waals surface area contributed by atoms with Gasteiger partial charge in [0.15, 0.2) is 11.5 Å². The second-order valence-corrected chi connectivity index (χ2v) is 7.59. The number of hydrogen-bond donors (Lipinski definition) is 1. The van der Waals surface area contributed by atoms with Gasteiger partial charge in [0.1, 0.15) is 22.8 Å². The number of carbonyl (C=O) groups is 1. The average molecular weight is 429 g/mol. The number of allylic oxidation sites excluding steroid dienone is 4. The molecule has 0 saturated carbocycles. The van der Waals surface area contributed by atoms with Gasteiger partial charge in [-0.25, -0.2) is 4.79 Å². The maximum absolute atomic E-state index is 13.3. The number of esters is 1. The second kappa shape index (κ2) is 8.07. The van der Waals surface area contributed by atoms with Gasteiger partial charge in [0.25, 0.3) is 0 Å². The van der Waals surface area contributed by atoms with Crippen molar-refractivity contribution >= 4 is 28.7 Å². The van der Waals surface area contributed by atoms with Crippen molar-refractivity contribution in [2.24, 2.45) is 0 Å². The van der Waals surface area contributed by atoms with Crippen LogP contribution in [0.2, 0.25) is 5.02 Å². The SMILES string of the molecule is C/C=C(\C)c1cc(OC)c(C)c2c1C(=O)Oc1c(C)c(O)c(Cl)c(/C(C)=C/C)c1O2. The van der Waals surface area contributed by atoms with Crippen molar-refractivity contribution in [2.75, 3.05) is 7.11 Å². The molecule has 0 aliphatic carbocycles. The molecule has 5 nitrogen and oxygen atoms in total. The third-order valence-corrected chi connectivity index (χ3v) is 5.91. The number of hydrogen-bond acceptors (Lipinski definition) is 5. The van der Waals surface area contributed by atoms with E-state index in [1.165, 1.54) is 0 Å². The Bertz CT molecular complexity index is 1130. The second-order valence-electron chi connectivity index (χ2n) is 7.21. The van der Waals surface area contributed by atoms with Crippen molar-refractivity contribution in [3.05, 3.63) is 51.1 Å². The molecule has 1 aliphatic rings. The van der Waals surface area contributed by atoms with Crippen LogP contribution in [0.15, 0.2) is 18.2 Å². The Hall–Kier alpha value is -2.92. The largest absolute Gasteiger partial charge is 0.506 e. The molecule has 30 heavy (non-hydrogen) atoms. The minimum atomic E-state index is -0.570. The predicted octanol–water partition coefficient (Wildman–Crippen LogP) is 6.84. The maximum atomic E-state index is 13.3. The van der Waals surface area contributed by atoms with Crippen LogP contribution < -0.4 is 14.2 Å².